The zero-order valence-electron chi connectivity index (χ0n) is 79.6. The number of carbonyl (C=O) groups excluding carboxylic acids is 2. The lowest BCUT2D eigenvalue weighted by atomic mass is 9.92. The summed E-state index contributed by atoms with van der Waals surface area (Å²) in [5.74, 6) is 1.25. The van der Waals surface area contributed by atoms with Gasteiger partial charge in [0.15, 0.2) is 23.3 Å². The maximum absolute atomic E-state index is 13.9. The van der Waals surface area contributed by atoms with Gasteiger partial charge in [-0.25, -0.2) is 37.5 Å². The van der Waals surface area contributed by atoms with Gasteiger partial charge in [0.1, 0.15) is 46.0 Å². The fourth-order valence-corrected chi connectivity index (χ4v) is 17.9. The Bertz CT molecular complexity index is 8860. The molecule has 0 atom stereocenters. The van der Waals surface area contributed by atoms with E-state index < -0.39 is 0 Å². The first-order valence-electron chi connectivity index (χ1n) is 47.1. The fraction of sp³-hybridized carbons (Fsp3) is 0.125. The largest absolute Gasteiger partial charge is 0.382 e. The minimum absolute atomic E-state index is 0.0449. The lowest BCUT2D eigenvalue weighted by Crippen LogP contribution is -2.19. The SMILES string of the molecule is CC(C)(C)CC(=O)Nc1cncc(-c2ccc3[nH]nc(-c4nc5c(-c6cccc(F)c6)cncc5[nH]4)c3c2)c1.CC(C)Nc1cncc(-c2ccc3[nH]nc(-c4nc5c(-c6cccc(F)c6)cncc5[nH]4)c3c2)c1.CN(C)Cc1cncc(-c2ccc3[nH]nc(-c4nc5c(-c6cccc(F)c6)cncc5[nH]4)c3c2)c1.O=C(Nc1cncc(-c2ccc3[nH]nc(-c4nc5c(-c6cccc(F)c6)cncc5[nH]4)c3c2)c1)C1CC1. The number of H-pyrrole nitrogens is 8. The van der Waals surface area contributed by atoms with Crippen molar-refractivity contribution in [3.63, 3.8) is 0 Å². The minimum Gasteiger partial charge on any atom is -0.382 e. The zero-order chi connectivity index (χ0) is 100.0. The van der Waals surface area contributed by atoms with E-state index in [-0.39, 0.29) is 46.4 Å². The van der Waals surface area contributed by atoms with Crippen molar-refractivity contribution in [1.82, 2.24) is 125 Å². The van der Waals surface area contributed by atoms with E-state index in [0.29, 0.717) is 103 Å². The first-order chi connectivity index (χ1) is 70.9. The van der Waals surface area contributed by atoms with Crippen molar-refractivity contribution in [2.24, 2.45) is 11.3 Å². The van der Waals surface area contributed by atoms with Crippen LogP contribution in [-0.2, 0) is 16.1 Å². The van der Waals surface area contributed by atoms with E-state index in [2.05, 4.69) is 166 Å². The van der Waals surface area contributed by atoms with Crippen LogP contribution in [0, 0.1) is 34.6 Å². The van der Waals surface area contributed by atoms with E-state index in [4.69, 9.17) is 19.9 Å². The van der Waals surface area contributed by atoms with Crippen molar-refractivity contribution in [2.45, 2.75) is 66.5 Å². The number of fused-ring (bicyclic) bond motifs is 8. The summed E-state index contributed by atoms with van der Waals surface area (Å²) < 4.78 is 55.5. The van der Waals surface area contributed by atoms with E-state index in [0.717, 1.165) is 174 Å². The van der Waals surface area contributed by atoms with Gasteiger partial charge in [-0.3, -0.25) is 69.9 Å². The molecular formula is C112H90F4N28O2. The van der Waals surface area contributed by atoms with Crippen LogP contribution in [0.25, 0.3) is 223 Å². The number of nitrogens with zero attached hydrogens (tertiary/aromatic N) is 17. The second-order valence-electron chi connectivity index (χ2n) is 37.6. The highest BCUT2D eigenvalue weighted by atomic mass is 19.1. The molecular weight excluding hydrogens is 1850 g/mol. The molecule has 1 fully saturated rings. The fourth-order valence-electron chi connectivity index (χ4n) is 17.9. The lowest BCUT2D eigenvalue weighted by Gasteiger charge is -2.17. The summed E-state index contributed by atoms with van der Waals surface area (Å²) in [6, 6.07) is 58.3. The third kappa shape index (κ3) is 19.7. The van der Waals surface area contributed by atoms with Gasteiger partial charge in [-0.2, -0.15) is 20.4 Å². The van der Waals surface area contributed by atoms with Crippen LogP contribution < -0.4 is 16.0 Å². The molecule has 0 aliphatic heterocycles. The first-order valence-corrected chi connectivity index (χ1v) is 47.1. The Hall–Kier alpha value is -18.9. The Labute approximate surface area is 829 Å². The van der Waals surface area contributed by atoms with Crippen LogP contribution in [0.5, 0.6) is 0 Å². The summed E-state index contributed by atoms with van der Waals surface area (Å²) in [6.07, 6.45) is 30.2. The average Bonchev–Trinajstić information content (AvgIpc) is 1.62. The number of carbonyl (C=O) groups is 2. The molecule has 1 aliphatic carbocycles. The molecule has 30 nitrogen and oxygen atoms in total. The maximum atomic E-state index is 13.9. The molecule has 146 heavy (non-hydrogen) atoms. The highest BCUT2D eigenvalue weighted by Gasteiger charge is 2.31. The smallest absolute Gasteiger partial charge is 0.227 e. The summed E-state index contributed by atoms with van der Waals surface area (Å²) in [5.41, 5.74) is 28.9. The number of hydrogen-bond donors (Lipinski definition) is 11. The number of nitrogens with one attached hydrogen (secondary N) is 11. The molecule has 0 radical (unpaired) electrons. The highest BCUT2D eigenvalue weighted by Crippen LogP contribution is 2.42. The average molecular weight is 1940 g/mol. The van der Waals surface area contributed by atoms with E-state index in [9.17, 15) is 27.2 Å². The topological polar surface area (TPSA) is 406 Å². The van der Waals surface area contributed by atoms with Gasteiger partial charge in [0.2, 0.25) is 11.8 Å². The number of aromatic nitrogens is 24. The van der Waals surface area contributed by atoms with E-state index in [1.54, 1.807) is 98.6 Å². The summed E-state index contributed by atoms with van der Waals surface area (Å²) in [4.78, 5) is 94.1. The Morgan fingerprint density at radius 1 is 0.342 bits per heavy atom. The third-order valence-electron chi connectivity index (χ3n) is 24.8. The minimum atomic E-state index is -0.321. The number of hydrogen-bond acceptors (Lipinski definition) is 20. The van der Waals surface area contributed by atoms with Crippen LogP contribution in [0.15, 0.2) is 293 Å². The molecule has 24 aromatic rings. The van der Waals surface area contributed by atoms with E-state index >= 15 is 0 Å². The van der Waals surface area contributed by atoms with Gasteiger partial charge < -0.3 is 40.8 Å². The molecule has 0 spiro atoms. The molecule has 16 heterocycles. The Balaban J connectivity index is 0.000000111. The predicted molar refractivity (Wildman–Crippen MR) is 561 cm³/mol. The van der Waals surface area contributed by atoms with Crippen molar-refractivity contribution in [2.75, 3.05) is 30.0 Å². The molecule has 34 heteroatoms. The summed E-state index contributed by atoms with van der Waals surface area (Å²) in [5, 5.41) is 43.4. The van der Waals surface area contributed by atoms with Crippen molar-refractivity contribution < 1.29 is 27.2 Å². The van der Waals surface area contributed by atoms with Gasteiger partial charge in [0, 0.05) is 153 Å². The molecule has 0 unspecified atom stereocenters. The van der Waals surface area contributed by atoms with Gasteiger partial charge in [0.05, 0.1) is 120 Å². The number of rotatable bonds is 20. The lowest BCUT2D eigenvalue weighted by molar-refractivity contribution is -0.118. The summed E-state index contributed by atoms with van der Waals surface area (Å²) in [7, 11) is 4.08. The summed E-state index contributed by atoms with van der Waals surface area (Å²) in [6.45, 7) is 11.1. The second kappa shape index (κ2) is 39.0. The molecule has 0 saturated heterocycles. The molecule has 25 rings (SSSR count). The van der Waals surface area contributed by atoms with E-state index in [1.165, 1.54) is 48.5 Å². The molecule has 16 aromatic heterocycles. The van der Waals surface area contributed by atoms with Crippen LogP contribution in [0.2, 0.25) is 0 Å². The van der Waals surface area contributed by atoms with Gasteiger partial charge in [-0.15, -0.1) is 0 Å². The molecule has 1 saturated carbocycles. The molecule has 11 N–H and O–H groups in total. The van der Waals surface area contributed by atoms with Gasteiger partial charge >= 0.3 is 0 Å². The number of aromatic amines is 8. The standard InChI is InChI=1S/C30H26FN7O.C28H20FN7O.2C27H22FN7/c1-30(2,3)12-26(39)34-21-10-19(13-32-14-21)17-7-8-24-22(11-17)28(38-37-24)29-35-25-16-33-15-23(27(25)36-29)18-5-4-6-20(31)9-18;29-19-3-1-2-17(8-19)22-13-31-14-24-25(22)34-27(33-24)26-21-10-16(6-7-23(21)35-36-26)18-9-20(12-30-11-18)32-28(37)15-4-5-15;1-35(2)15-16-8-19(12-29-11-16)17-6-7-23-21(10-17)26(34-33-23)27-31-24-14-30-13-22(25(24)32-27)18-4-3-5-20(28)9-18;1-15(2)31-20-9-18(11-29-12-20)16-6-7-23-21(10-16)26(35-34-23)27-32-24-14-30-13-22(25(24)33-27)17-4-3-5-19(28)8-17/h4-11,13-16H,12H2,1-3H3,(H,34,39)(H,35,36)(H,37,38);1-3,6-15H,4-5H2,(H,32,37)(H,33,34)(H,35,36);3-14H,15H2,1-2H3,(H,31,32)(H,33,34);3-15,31H,1-2H3,(H,32,33)(H,34,35). The van der Waals surface area contributed by atoms with Gasteiger partial charge in [-0.05, 0) is 218 Å². The van der Waals surface area contributed by atoms with Crippen molar-refractivity contribution in [3.05, 3.63) is 322 Å². The van der Waals surface area contributed by atoms with Crippen LogP contribution in [0.1, 0.15) is 59.4 Å². The van der Waals surface area contributed by atoms with Crippen molar-refractivity contribution in [1.29, 1.82) is 0 Å². The third-order valence-corrected chi connectivity index (χ3v) is 24.8. The van der Waals surface area contributed by atoms with Crippen LogP contribution in [0.4, 0.5) is 34.6 Å². The van der Waals surface area contributed by atoms with Crippen LogP contribution in [0.3, 0.4) is 0 Å². The number of pyridine rings is 8. The van der Waals surface area contributed by atoms with Crippen LogP contribution in [-0.4, -0.2) is 157 Å². The Morgan fingerprint density at radius 3 is 0.966 bits per heavy atom. The predicted octanol–water partition coefficient (Wildman–Crippen LogP) is 24.1. The number of imidazole rings is 4. The Kier molecular flexibility index (Phi) is 24.6. The normalized spacial score (nSPS) is 12.1. The molecule has 0 bridgehead atoms. The summed E-state index contributed by atoms with van der Waals surface area (Å²) >= 11 is 0. The van der Waals surface area contributed by atoms with Crippen molar-refractivity contribution in [3.8, 4) is 135 Å². The number of benzene rings is 8. The number of halogens is 4. The molecule has 8 aromatic carbocycles. The van der Waals surface area contributed by atoms with Gasteiger partial charge in [0.25, 0.3) is 0 Å². The van der Waals surface area contributed by atoms with E-state index in [1.807, 2.05) is 151 Å². The van der Waals surface area contributed by atoms with Crippen molar-refractivity contribution >= 4 is 117 Å². The maximum Gasteiger partial charge on any atom is 0.227 e. The highest BCUT2D eigenvalue weighted by molar-refractivity contribution is 6.04. The number of amides is 2. The van der Waals surface area contributed by atoms with Gasteiger partial charge in [-0.1, -0.05) is 93.6 Å². The Morgan fingerprint density at radius 2 is 0.651 bits per heavy atom. The van der Waals surface area contributed by atoms with Crippen LogP contribution >= 0.6 is 0 Å². The zero-order valence-corrected chi connectivity index (χ0v) is 79.6. The monoisotopic (exact) mass is 1930 g/mol. The number of anilines is 3. The molecule has 718 valence electrons. The molecule has 1 aliphatic rings. The quantitative estimate of drug-likeness (QED) is 0.0316. The first kappa shape index (κ1) is 92.2. The second-order valence-corrected chi connectivity index (χ2v) is 37.6. The molecule has 2 amide bonds.